The van der Waals surface area contributed by atoms with E-state index in [-0.39, 0.29) is 0 Å². The van der Waals surface area contributed by atoms with E-state index < -0.39 is 0 Å². The molecule has 0 aliphatic heterocycles. The van der Waals surface area contributed by atoms with Gasteiger partial charge in [-0.15, -0.1) is 0 Å². The van der Waals surface area contributed by atoms with Crippen LogP contribution in [0.15, 0.2) is 36.7 Å². The number of nitrogens with zero attached hydrogens (tertiary/aromatic N) is 2. The van der Waals surface area contributed by atoms with Crippen LogP contribution in [0.4, 0.5) is 0 Å². The van der Waals surface area contributed by atoms with E-state index in [4.69, 9.17) is 22.1 Å². The Kier molecular flexibility index (Phi) is 3.34. The molecule has 0 saturated carbocycles. The molecule has 0 aliphatic carbocycles. The van der Waals surface area contributed by atoms with Gasteiger partial charge in [0.15, 0.2) is 0 Å². The highest BCUT2D eigenvalue weighted by Gasteiger charge is 2.01. The second-order valence-corrected chi connectivity index (χ2v) is 3.55. The molecule has 0 atom stereocenters. The van der Waals surface area contributed by atoms with E-state index in [9.17, 15) is 0 Å². The molecule has 0 radical (unpaired) electrons. The van der Waals surface area contributed by atoms with Crippen LogP contribution >= 0.6 is 11.6 Å². The van der Waals surface area contributed by atoms with Crippen LogP contribution in [0, 0.1) is 0 Å². The number of ether oxygens (including phenoxy) is 1. The molecule has 2 aromatic rings. The summed E-state index contributed by atoms with van der Waals surface area (Å²) in [6, 6.07) is 7.08. The SMILES string of the molecule is NCc1cncc(Oc2cccc(Cl)c2)n1. The van der Waals surface area contributed by atoms with Crippen molar-refractivity contribution < 1.29 is 4.74 Å². The average Bonchev–Trinajstić information content (AvgIpc) is 2.29. The Morgan fingerprint density at radius 1 is 1.31 bits per heavy atom. The Morgan fingerprint density at radius 3 is 2.94 bits per heavy atom. The third-order valence-electron chi connectivity index (χ3n) is 1.89. The molecule has 16 heavy (non-hydrogen) atoms. The number of halogens is 1. The first-order valence-corrected chi connectivity index (χ1v) is 5.10. The molecule has 0 bridgehead atoms. The Labute approximate surface area is 98.0 Å². The van der Waals surface area contributed by atoms with Gasteiger partial charge in [0.05, 0.1) is 11.9 Å². The molecule has 0 amide bonds. The summed E-state index contributed by atoms with van der Waals surface area (Å²) in [4.78, 5) is 8.14. The van der Waals surface area contributed by atoms with E-state index in [2.05, 4.69) is 9.97 Å². The lowest BCUT2D eigenvalue weighted by atomic mass is 10.3. The molecule has 5 heteroatoms. The quantitative estimate of drug-likeness (QED) is 0.887. The molecule has 82 valence electrons. The first-order chi connectivity index (χ1) is 7.78. The van der Waals surface area contributed by atoms with E-state index in [1.165, 1.54) is 6.20 Å². The molecular formula is C11H10ClN3O. The molecule has 0 unspecified atom stereocenters. The summed E-state index contributed by atoms with van der Waals surface area (Å²) in [6.45, 7) is 0.333. The van der Waals surface area contributed by atoms with Crippen LogP contribution < -0.4 is 10.5 Å². The van der Waals surface area contributed by atoms with Crippen molar-refractivity contribution in [3.05, 3.63) is 47.4 Å². The van der Waals surface area contributed by atoms with Gasteiger partial charge in [-0.25, -0.2) is 4.98 Å². The predicted molar refractivity (Wildman–Crippen MR) is 61.4 cm³/mol. The van der Waals surface area contributed by atoms with Gasteiger partial charge in [-0.3, -0.25) is 4.98 Å². The lowest BCUT2D eigenvalue weighted by Gasteiger charge is -2.05. The molecule has 0 aliphatic rings. The fraction of sp³-hybridized carbons (Fsp3) is 0.0909. The van der Waals surface area contributed by atoms with E-state index in [1.54, 1.807) is 30.5 Å². The number of hydrogen-bond donors (Lipinski definition) is 1. The molecule has 2 rings (SSSR count). The van der Waals surface area contributed by atoms with Crippen molar-refractivity contribution in [1.29, 1.82) is 0 Å². The van der Waals surface area contributed by atoms with Crippen LogP contribution in [0.3, 0.4) is 0 Å². The molecule has 0 spiro atoms. The highest BCUT2D eigenvalue weighted by atomic mass is 35.5. The summed E-state index contributed by atoms with van der Waals surface area (Å²) < 4.78 is 5.49. The molecule has 1 heterocycles. The first kappa shape index (κ1) is 10.9. The number of nitrogens with two attached hydrogens (primary N) is 1. The largest absolute Gasteiger partial charge is 0.437 e. The number of rotatable bonds is 3. The average molecular weight is 236 g/mol. The fourth-order valence-electron chi connectivity index (χ4n) is 1.19. The summed E-state index contributed by atoms with van der Waals surface area (Å²) in [5.41, 5.74) is 6.14. The normalized spacial score (nSPS) is 10.1. The smallest absolute Gasteiger partial charge is 0.238 e. The zero-order chi connectivity index (χ0) is 11.4. The zero-order valence-corrected chi connectivity index (χ0v) is 9.19. The molecule has 1 aromatic carbocycles. The van der Waals surface area contributed by atoms with Gasteiger partial charge in [-0.2, -0.15) is 0 Å². The van der Waals surface area contributed by atoms with Crippen LogP contribution in [0.1, 0.15) is 5.69 Å². The standard InChI is InChI=1S/C11H10ClN3O/c12-8-2-1-3-10(4-8)16-11-7-14-6-9(5-13)15-11/h1-4,6-7H,5,13H2. The summed E-state index contributed by atoms with van der Waals surface area (Å²) >= 11 is 5.83. The third kappa shape index (κ3) is 2.68. The van der Waals surface area contributed by atoms with Gasteiger partial charge in [0, 0.05) is 17.8 Å². The zero-order valence-electron chi connectivity index (χ0n) is 8.43. The van der Waals surface area contributed by atoms with Gasteiger partial charge in [0.25, 0.3) is 0 Å². The first-order valence-electron chi connectivity index (χ1n) is 4.72. The van der Waals surface area contributed by atoms with Crippen LogP contribution in [-0.4, -0.2) is 9.97 Å². The van der Waals surface area contributed by atoms with Crippen LogP contribution in [0.5, 0.6) is 11.6 Å². The summed E-state index contributed by atoms with van der Waals surface area (Å²) in [6.07, 6.45) is 3.13. The third-order valence-corrected chi connectivity index (χ3v) is 2.13. The van der Waals surface area contributed by atoms with Crippen molar-refractivity contribution in [3.8, 4) is 11.6 Å². The predicted octanol–water partition coefficient (Wildman–Crippen LogP) is 2.38. The monoisotopic (exact) mass is 235 g/mol. The minimum atomic E-state index is 0.333. The molecule has 1 aromatic heterocycles. The highest BCUT2D eigenvalue weighted by Crippen LogP contribution is 2.22. The minimum absolute atomic E-state index is 0.333. The van der Waals surface area contributed by atoms with Crippen LogP contribution in [0.25, 0.3) is 0 Å². The maximum atomic E-state index is 5.83. The highest BCUT2D eigenvalue weighted by molar-refractivity contribution is 6.30. The second-order valence-electron chi connectivity index (χ2n) is 3.11. The van der Waals surface area contributed by atoms with Crippen molar-refractivity contribution >= 4 is 11.6 Å². The van der Waals surface area contributed by atoms with Crippen LogP contribution in [-0.2, 0) is 6.54 Å². The van der Waals surface area contributed by atoms with Gasteiger partial charge in [0.1, 0.15) is 5.75 Å². The van der Waals surface area contributed by atoms with Gasteiger partial charge in [-0.1, -0.05) is 17.7 Å². The molecule has 2 N–H and O–H groups in total. The van der Waals surface area contributed by atoms with Crippen molar-refractivity contribution in [3.63, 3.8) is 0 Å². The van der Waals surface area contributed by atoms with Crippen molar-refractivity contribution in [2.75, 3.05) is 0 Å². The Hall–Kier alpha value is -1.65. The molecule has 0 saturated heterocycles. The Morgan fingerprint density at radius 2 is 2.19 bits per heavy atom. The second kappa shape index (κ2) is 4.92. The van der Waals surface area contributed by atoms with E-state index in [1.807, 2.05) is 0 Å². The Balaban J connectivity index is 2.20. The molecule has 0 fully saturated rings. The maximum absolute atomic E-state index is 5.83. The summed E-state index contributed by atoms with van der Waals surface area (Å²) in [5.74, 6) is 1.03. The van der Waals surface area contributed by atoms with Crippen molar-refractivity contribution in [2.24, 2.45) is 5.73 Å². The van der Waals surface area contributed by atoms with Crippen molar-refractivity contribution in [2.45, 2.75) is 6.54 Å². The fourth-order valence-corrected chi connectivity index (χ4v) is 1.37. The summed E-state index contributed by atoms with van der Waals surface area (Å²) in [5, 5.41) is 0.612. The van der Waals surface area contributed by atoms with Gasteiger partial charge in [-0.05, 0) is 18.2 Å². The number of aromatic nitrogens is 2. The Bertz CT molecular complexity index is 490. The minimum Gasteiger partial charge on any atom is -0.437 e. The van der Waals surface area contributed by atoms with E-state index in [0.717, 1.165) is 0 Å². The maximum Gasteiger partial charge on any atom is 0.238 e. The van der Waals surface area contributed by atoms with Crippen LogP contribution in [0.2, 0.25) is 5.02 Å². The lowest BCUT2D eigenvalue weighted by Crippen LogP contribution is -2.01. The molecule has 4 nitrogen and oxygen atoms in total. The lowest BCUT2D eigenvalue weighted by molar-refractivity contribution is 0.457. The van der Waals surface area contributed by atoms with Crippen molar-refractivity contribution in [1.82, 2.24) is 9.97 Å². The van der Waals surface area contributed by atoms with Gasteiger partial charge < -0.3 is 10.5 Å². The number of hydrogen-bond acceptors (Lipinski definition) is 4. The number of benzene rings is 1. The van der Waals surface area contributed by atoms with Gasteiger partial charge >= 0.3 is 0 Å². The summed E-state index contributed by atoms with van der Waals surface area (Å²) in [7, 11) is 0. The topological polar surface area (TPSA) is 61.0 Å². The van der Waals surface area contributed by atoms with E-state index >= 15 is 0 Å². The molecular weight excluding hydrogens is 226 g/mol. The van der Waals surface area contributed by atoms with E-state index in [0.29, 0.717) is 28.9 Å². The van der Waals surface area contributed by atoms with Gasteiger partial charge in [0.2, 0.25) is 5.88 Å².